The van der Waals surface area contributed by atoms with Crippen LogP contribution in [-0.4, -0.2) is 39.3 Å². The summed E-state index contributed by atoms with van der Waals surface area (Å²) in [7, 11) is 0. The van der Waals surface area contributed by atoms with E-state index in [0.29, 0.717) is 22.8 Å². The minimum atomic E-state index is -0.556. The van der Waals surface area contributed by atoms with Crippen molar-refractivity contribution in [1.29, 1.82) is 0 Å². The average Bonchev–Trinajstić information content (AvgIpc) is 3.01. The van der Waals surface area contributed by atoms with Crippen LogP contribution < -0.4 is 10.9 Å². The van der Waals surface area contributed by atoms with Crippen molar-refractivity contribution in [3.8, 4) is 0 Å². The number of hydrogen-bond acceptors (Lipinski definition) is 4. The Bertz CT molecular complexity index is 684. The molecule has 2 saturated heterocycles. The predicted molar refractivity (Wildman–Crippen MR) is 87.8 cm³/mol. The monoisotopic (exact) mass is 353 g/mol. The fourth-order valence-corrected chi connectivity index (χ4v) is 4.54. The average molecular weight is 354 g/mol. The van der Waals surface area contributed by atoms with Crippen LogP contribution in [0.4, 0.5) is 0 Å². The van der Waals surface area contributed by atoms with Crippen LogP contribution in [0.2, 0.25) is 5.02 Å². The van der Waals surface area contributed by atoms with E-state index in [1.54, 1.807) is 34.9 Å². The van der Waals surface area contributed by atoms with Crippen molar-refractivity contribution in [1.82, 2.24) is 15.8 Å². The second-order valence-corrected chi connectivity index (χ2v) is 7.66. The summed E-state index contributed by atoms with van der Waals surface area (Å²) in [5.41, 5.74) is 5.12. The van der Waals surface area contributed by atoms with Gasteiger partial charge < -0.3 is 4.90 Å². The highest BCUT2D eigenvalue weighted by Gasteiger charge is 2.52. The molecule has 0 aliphatic carbocycles. The Hall–Kier alpha value is -1.73. The summed E-state index contributed by atoms with van der Waals surface area (Å²) in [6.07, 6.45) is 1.21. The SMILES string of the molecule is C[C@]12CCC(=O)N1[C@@H](C(=O)NNC(=O)c1cccc(Cl)c1)CS2. The lowest BCUT2D eigenvalue weighted by Crippen LogP contribution is -2.54. The number of hydrogen-bond donors (Lipinski definition) is 2. The molecule has 6 nitrogen and oxygen atoms in total. The fourth-order valence-electron chi connectivity index (χ4n) is 2.92. The topological polar surface area (TPSA) is 78.5 Å². The van der Waals surface area contributed by atoms with Crippen LogP contribution in [0.5, 0.6) is 0 Å². The third-order valence-corrected chi connectivity index (χ3v) is 5.87. The van der Waals surface area contributed by atoms with Crippen molar-refractivity contribution in [3.05, 3.63) is 34.9 Å². The molecule has 2 fully saturated rings. The highest BCUT2D eigenvalue weighted by molar-refractivity contribution is 8.01. The van der Waals surface area contributed by atoms with Crippen LogP contribution in [0.3, 0.4) is 0 Å². The summed E-state index contributed by atoms with van der Waals surface area (Å²) in [6.45, 7) is 1.97. The van der Waals surface area contributed by atoms with E-state index in [1.165, 1.54) is 6.07 Å². The van der Waals surface area contributed by atoms with Crippen LogP contribution in [-0.2, 0) is 9.59 Å². The third kappa shape index (κ3) is 3.03. The van der Waals surface area contributed by atoms with Crippen LogP contribution >= 0.6 is 23.4 Å². The first-order valence-electron chi connectivity index (χ1n) is 7.22. The number of halogens is 1. The molecule has 2 atom stereocenters. The molecule has 0 aromatic heterocycles. The maximum absolute atomic E-state index is 12.3. The zero-order valence-corrected chi connectivity index (χ0v) is 14.0. The molecule has 3 rings (SSSR count). The van der Waals surface area contributed by atoms with Gasteiger partial charge in [0.2, 0.25) is 5.91 Å². The van der Waals surface area contributed by atoms with Gasteiger partial charge in [0, 0.05) is 22.8 Å². The molecule has 0 spiro atoms. The van der Waals surface area contributed by atoms with Gasteiger partial charge in [-0.25, -0.2) is 0 Å². The smallest absolute Gasteiger partial charge is 0.269 e. The number of nitrogens with zero attached hydrogens (tertiary/aromatic N) is 1. The van der Waals surface area contributed by atoms with Crippen molar-refractivity contribution >= 4 is 41.1 Å². The molecule has 1 aromatic carbocycles. The molecule has 0 saturated carbocycles. The van der Waals surface area contributed by atoms with Gasteiger partial charge in [-0.05, 0) is 31.5 Å². The van der Waals surface area contributed by atoms with Crippen LogP contribution in [0.1, 0.15) is 30.1 Å². The highest BCUT2D eigenvalue weighted by Crippen LogP contribution is 2.47. The Morgan fingerprint density at radius 2 is 2.17 bits per heavy atom. The lowest BCUT2D eigenvalue weighted by molar-refractivity contribution is -0.138. The van der Waals surface area contributed by atoms with Gasteiger partial charge in [0.05, 0.1) is 4.87 Å². The third-order valence-electron chi connectivity index (χ3n) is 4.13. The van der Waals surface area contributed by atoms with E-state index in [1.807, 2.05) is 6.92 Å². The molecule has 2 aliphatic rings. The quantitative estimate of drug-likeness (QED) is 0.791. The van der Waals surface area contributed by atoms with Crippen molar-refractivity contribution < 1.29 is 14.4 Å². The van der Waals surface area contributed by atoms with Gasteiger partial charge in [-0.15, -0.1) is 11.8 Å². The Labute approximate surface area is 142 Å². The lowest BCUT2D eigenvalue weighted by Gasteiger charge is -2.29. The molecule has 2 heterocycles. The number of carbonyl (C=O) groups is 3. The normalized spacial score (nSPS) is 26.1. The van der Waals surface area contributed by atoms with Crippen molar-refractivity contribution in [2.75, 3.05) is 5.75 Å². The standard InChI is InChI=1S/C15H16ClN3O3S/c1-15-6-5-12(20)19(15)11(8-23-15)14(22)18-17-13(21)9-3-2-4-10(16)7-9/h2-4,7,11H,5-6,8H2,1H3,(H,17,21)(H,18,22)/t11-,15+/m1/s1. The summed E-state index contributed by atoms with van der Waals surface area (Å²) < 4.78 is 0. The van der Waals surface area contributed by atoms with Crippen molar-refractivity contribution in [2.45, 2.75) is 30.7 Å². The summed E-state index contributed by atoms with van der Waals surface area (Å²) in [6, 6.07) is 5.86. The van der Waals surface area contributed by atoms with E-state index < -0.39 is 11.9 Å². The molecular weight excluding hydrogens is 338 g/mol. The summed E-state index contributed by atoms with van der Waals surface area (Å²) in [5.74, 6) is -0.325. The van der Waals surface area contributed by atoms with E-state index in [9.17, 15) is 14.4 Å². The van der Waals surface area contributed by atoms with E-state index >= 15 is 0 Å². The first-order valence-corrected chi connectivity index (χ1v) is 8.59. The molecule has 0 bridgehead atoms. The second kappa shape index (κ2) is 6.05. The number of nitrogens with one attached hydrogen (secondary N) is 2. The Morgan fingerprint density at radius 3 is 2.91 bits per heavy atom. The van der Waals surface area contributed by atoms with Crippen LogP contribution in [0.25, 0.3) is 0 Å². The molecule has 2 N–H and O–H groups in total. The number of amides is 3. The van der Waals surface area contributed by atoms with Crippen LogP contribution in [0.15, 0.2) is 24.3 Å². The summed E-state index contributed by atoms with van der Waals surface area (Å²) in [5, 5.41) is 0.439. The second-order valence-electron chi connectivity index (χ2n) is 5.72. The summed E-state index contributed by atoms with van der Waals surface area (Å²) >= 11 is 7.44. The predicted octanol–water partition coefficient (Wildman–Crippen LogP) is 1.56. The number of benzene rings is 1. The molecule has 1 aromatic rings. The maximum Gasteiger partial charge on any atom is 0.269 e. The van der Waals surface area contributed by atoms with Gasteiger partial charge >= 0.3 is 0 Å². The fraction of sp³-hybridized carbons (Fsp3) is 0.400. The van der Waals surface area contributed by atoms with Crippen molar-refractivity contribution in [3.63, 3.8) is 0 Å². The van der Waals surface area contributed by atoms with Gasteiger partial charge in [-0.2, -0.15) is 0 Å². The van der Waals surface area contributed by atoms with Crippen LogP contribution in [0, 0.1) is 0 Å². The Balaban J connectivity index is 1.62. The van der Waals surface area contributed by atoms with E-state index in [2.05, 4.69) is 10.9 Å². The van der Waals surface area contributed by atoms with Gasteiger partial charge in [-0.1, -0.05) is 17.7 Å². The Kier molecular flexibility index (Phi) is 4.25. The van der Waals surface area contributed by atoms with Gasteiger partial charge in [0.1, 0.15) is 6.04 Å². The number of thioether (sulfide) groups is 1. The van der Waals surface area contributed by atoms with E-state index in [-0.39, 0.29) is 16.7 Å². The van der Waals surface area contributed by atoms with Crippen molar-refractivity contribution in [2.24, 2.45) is 0 Å². The molecule has 0 radical (unpaired) electrons. The minimum Gasteiger partial charge on any atom is -0.315 e. The largest absolute Gasteiger partial charge is 0.315 e. The summed E-state index contributed by atoms with van der Waals surface area (Å²) in [4.78, 5) is 37.7. The molecule has 3 amide bonds. The van der Waals surface area contributed by atoms with E-state index in [0.717, 1.165) is 6.42 Å². The maximum atomic E-state index is 12.3. The number of carbonyl (C=O) groups excluding carboxylic acids is 3. The van der Waals surface area contributed by atoms with Gasteiger partial charge in [0.15, 0.2) is 0 Å². The molecule has 8 heteroatoms. The molecular formula is C15H16ClN3O3S. The molecule has 0 unspecified atom stereocenters. The number of fused-ring (bicyclic) bond motifs is 1. The van der Waals surface area contributed by atoms with Gasteiger partial charge in [-0.3, -0.25) is 25.2 Å². The van der Waals surface area contributed by atoms with Gasteiger partial charge in [0.25, 0.3) is 11.8 Å². The first kappa shape index (κ1) is 16.1. The zero-order valence-electron chi connectivity index (χ0n) is 12.5. The molecule has 122 valence electrons. The highest BCUT2D eigenvalue weighted by atomic mass is 35.5. The number of hydrazine groups is 1. The number of rotatable bonds is 2. The minimum absolute atomic E-state index is 0.0150. The molecule has 2 aliphatic heterocycles. The van der Waals surface area contributed by atoms with E-state index in [4.69, 9.17) is 11.6 Å². The molecule has 23 heavy (non-hydrogen) atoms. The first-order chi connectivity index (χ1) is 10.9. The Morgan fingerprint density at radius 1 is 1.39 bits per heavy atom. The zero-order chi connectivity index (χ0) is 16.6. The lowest BCUT2D eigenvalue weighted by atomic mass is 10.2.